The second-order valence-corrected chi connectivity index (χ2v) is 4.50. The number of phenolic OH excluding ortho intramolecular Hbond substituents is 1. The molecule has 2 N–H and O–H groups in total. The minimum Gasteiger partial charge on any atom is -0.507 e. The molecule has 0 saturated carbocycles. The lowest BCUT2D eigenvalue weighted by Gasteiger charge is -2.12. The number of terminal acetylenes is 1. The average molecular weight is 253 g/mol. The first-order valence-corrected chi connectivity index (χ1v) is 6.08. The van der Waals surface area contributed by atoms with Crippen molar-refractivity contribution in [2.45, 2.75) is 19.4 Å². The summed E-state index contributed by atoms with van der Waals surface area (Å²) in [7, 11) is 0. The quantitative estimate of drug-likeness (QED) is 0.826. The van der Waals surface area contributed by atoms with E-state index >= 15 is 0 Å². The molecule has 0 aliphatic heterocycles. The fourth-order valence-electron chi connectivity index (χ4n) is 1.94. The molecule has 0 radical (unpaired) electrons. The molecule has 0 bridgehead atoms. The van der Waals surface area contributed by atoms with Crippen molar-refractivity contribution in [3.63, 3.8) is 0 Å². The molecule has 3 nitrogen and oxygen atoms in total. The van der Waals surface area contributed by atoms with Gasteiger partial charge in [-0.25, -0.2) is 0 Å². The molecule has 0 aromatic heterocycles. The molecule has 0 aliphatic rings. The van der Waals surface area contributed by atoms with E-state index in [-0.39, 0.29) is 23.3 Å². The summed E-state index contributed by atoms with van der Waals surface area (Å²) in [6, 6.07) is 10.7. The Kier molecular flexibility index (Phi) is 3.72. The normalized spacial score (nSPS) is 11.8. The number of phenols is 1. The molecule has 0 aliphatic carbocycles. The van der Waals surface area contributed by atoms with Gasteiger partial charge >= 0.3 is 0 Å². The zero-order chi connectivity index (χ0) is 13.8. The van der Waals surface area contributed by atoms with Crippen LogP contribution in [0.4, 0.5) is 0 Å². The van der Waals surface area contributed by atoms with E-state index in [1.165, 1.54) is 0 Å². The maximum atomic E-state index is 12.1. The Morgan fingerprint density at radius 2 is 2.00 bits per heavy atom. The van der Waals surface area contributed by atoms with Gasteiger partial charge in [-0.05, 0) is 29.8 Å². The van der Waals surface area contributed by atoms with Gasteiger partial charge in [-0.3, -0.25) is 4.79 Å². The number of aromatic hydroxyl groups is 1. The lowest BCUT2D eigenvalue weighted by atomic mass is 10.0. The molecule has 3 heteroatoms. The highest BCUT2D eigenvalue weighted by Crippen LogP contribution is 2.24. The Bertz CT molecular complexity index is 655. The Balaban J connectivity index is 2.32. The molecule has 0 heterocycles. The van der Waals surface area contributed by atoms with Gasteiger partial charge in [0, 0.05) is 12.5 Å². The third-order valence-electron chi connectivity index (χ3n) is 2.91. The van der Waals surface area contributed by atoms with Crippen LogP contribution in [0.2, 0.25) is 0 Å². The molecule has 1 unspecified atom stereocenters. The molecule has 2 rings (SSSR count). The van der Waals surface area contributed by atoms with Crippen LogP contribution in [0, 0.1) is 12.3 Å². The van der Waals surface area contributed by atoms with Crippen molar-refractivity contribution in [1.29, 1.82) is 0 Å². The standard InChI is InChI=1S/C16H15NO2/c1-3-6-11(2)17-16(19)14-9-12-7-4-5-8-13(12)10-15(14)18/h1,4-5,7-11,18H,6H2,2H3,(H,17,19). The number of carbonyl (C=O) groups excluding carboxylic acids is 1. The summed E-state index contributed by atoms with van der Waals surface area (Å²) in [5, 5.41) is 14.5. The number of fused-ring (bicyclic) bond motifs is 1. The summed E-state index contributed by atoms with van der Waals surface area (Å²) < 4.78 is 0. The van der Waals surface area contributed by atoms with Gasteiger partial charge in [0.2, 0.25) is 0 Å². The monoisotopic (exact) mass is 253 g/mol. The van der Waals surface area contributed by atoms with Crippen molar-refractivity contribution in [3.05, 3.63) is 42.0 Å². The Hall–Kier alpha value is -2.47. The highest BCUT2D eigenvalue weighted by atomic mass is 16.3. The molecule has 2 aromatic rings. The fraction of sp³-hybridized carbons (Fsp3) is 0.188. The number of carbonyl (C=O) groups is 1. The summed E-state index contributed by atoms with van der Waals surface area (Å²) in [4.78, 5) is 12.1. The van der Waals surface area contributed by atoms with Crippen LogP contribution in [0.3, 0.4) is 0 Å². The molecule has 0 saturated heterocycles. The summed E-state index contributed by atoms with van der Waals surface area (Å²) in [5.74, 6) is 2.15. The van der Waals surface area contributed by atoms with Gasteiger partial charge < -0.3 is 10.4 Å². The van der Waals surface area contributed by atoms with Crippen molar-refractivity contribution in [1.82, 2.24) is 5.32 Å². The van der Waals surface area contributed by atoms with Gasteiger partial charge in [0.15, 0.2) is 0 Å². The summed E-state index contributed by atoms with van der Waals surface area (Å²) in [5.41, 5.74) is 0.266. The largest absolute Gasteiger partial charge is 0.507 e. The van der Waals surface area contributed by atoms with Gasteiger partial charge in [-0.1, -0.05) is 24.3 Å². The van der Waals surface area contributed by atoms with E-state index in [1.54, 1.807) is 12.1 Å². The second-order valence-electron chi connectivity index (χ2n) is 4.50. The predicted molar refractivity (Wildman–Crippen MR) is 76.0 cm³/mol. The number of amides is 1. The van der Waals surface area contributed by atoms with Gasteiger partial charge in [0.1, 0.15) is 5.75 Å². The minimum atomic E-state index is -0.314. The van der Waals surface area contributed by atoms with Crippen LogP contribution in [0.5, 0.6) is 5.75 Å². The smallest absolute Gasteiger partial charge is 0.255 e. The first kappa shape index (κ1) is 13.0. The van der Waals surface area contributed by atoms with Crippen molar-refractivity contribution in [2.75, 3.05) is 0 Å². The van der Waals surface area contributed by atoms with Crippen LogP contribution < -0.4 is 5.32 Å². The van der Waals surface area contributed by atoms with Crippen LogP contribution in [-0.2, 0) is 0 Å². The lowest BCUT2D eigenvalue weighted by molar-refractivity contribution is 0.0938. The van der Waals surface area contributed by atoms with Crippen molar-refractivity contribution in [3.8, 4) is 18.1 Å². The van der Waals surface area contributed by atoms with Gasteiger partial charge in [-0.15, -0.1) is 12.3 Å². The molecule has 1 amide bonds. The first-order valence-electron chi connectivity index (χ1n) is 6.08. The maximum Gasteiger partial charge on any atom is 0.255 e. The summed E-state index contributed by atoms with van der Waals surface area (Å²) >= 11 is 0. The van der Waals surface area contributed by atoms with E-state index in [4.69, 9.17) is 6.42 Å². The third-order valence-corrected chi connectivity index (χ3v) is 2.91. The van der Waals surface area contributed by atoms with E-state index in [0.29, 0.717) is 6.42 Å². The zero-order valence-electron chi connectivity index (χ0n) is 10.7. The minimum absolute atomic E-state index is 0.0240. The third kappa shape index (κ3) is 2.86. The molecule has 0 spiro atoms. The summed E-state index contributed by atoms with van der Waals surface area (Å²) in [6.45, 7) is 1.83. The molecule has 2 aromatic carbocycles. The van der Waals surface area contributed by atoms with E-state index < -0.39 is 0 Å². The topological polar surface area (TPSA) is 49.3 Å². The van der Waals surface area contributed by atoms with E-state index in [9.17, 15) is 9.90 Å². The highest BCUT2D eigenvalue weighted by Gasteiger charge is 2.14. The Morgan fingerprint density at radius 1 is 1.37 bits per heavy atom. The number of benzene rings is 2. The molecular weight excluding hydrogens is 238 g/mol. The van der Waals surface area contributed by atoms with E-state index in [1.807, 2.05) is 31.2 Å². The number of hydrogen-bond donors (Lipinski definition) is 2. The van der Waals surface area contributed by atoms with Gasteiger partial charge in [-0.2, -0.15) is 0 Å². The molecule has 96 valence electrons. The summed E-state index contributed by atoms with van der Waals surface area (Å²) in [6.07, 6.45) is 5.66. The van der Waals surface area contributed by atoms with Gasteiger partial charge in [0.25, 0.3) is 5.91 Å². The van der Waals surface area contributed by atoms with Crippen LogP contribution in [0.15, 0.2) is 36.4 Å². The van der Waals surface area contributed by atoms with Crippen molar-refractivity contribution in [2.24, 2.45) is 0 Å². The van der Waals surface area contributed by atoms with Gasteiger partial charge in [0.05, 0.1) is 5.56 Å². The Labute approximate surface area is 112 Å². The zero-order valence-corrected chi connectivity index (χ0v) is 10.7. The SMILES string of the molecule is C#CCC(C)NC(=O)c1cc2ccccc2cc1O. The number of rotatable bonds is 3. The van der Waals surface area contributed by atoms with E-state index in [2.05, 4.69) is 11.2 Å². The fourth-order valence-corrected chi connectivity index (χ4v) is 1.94. The maximum absolute atomic E-state index is 12.1. The van der Waals surface area contributed by atoms with Crippen LogP contribution >= 0.6 is 0 Å². The van der Waals surface area contributed by atoms with Crippen molar-refractivity contribution < 1.29 is 9.90 Å². The molecular formula is C16H15NO2. The van der Waals surface area contributed by atoms with Crippen LogP contribution in [0.25, 0.3) is 10.8 Å². The number of hydrogen-bond acceptors (Lipinski definition) is 2. The molecule has 19 heavy (non-hydrogen) atoms. The Morgan fingerprint density at radius 3 is 2.63 bits per heavy atom. The van der Waals surface area contributed by atoms with Crippen LogP contribution in [-0.4, -0.2) is 17.1 Å². The molecule has 1 atom stereocenters. The van der Waals surface area contributed by atoms with Crippen molar-refractivity contribution >= 4 is 16.7 Å². The predicted octanol–water partition coefficient (Wildman–Crippen LogP) is 2.69. The average Bonchev–Trinajstić information content (AvgIpc) is 2.38. The second kappa shape index (κ2) is 5.45. The first-order chi connectivity index (χ1) is 9.11. The van der Waals surface area contributed by atoms with E-state index in [0.717, 1.165) is 10.8 Å². The number of nitrogens with one attached hydrogen (secondary N) is 1. The van der Waals surface area contributed by atoms with Crippen LogP contribution in [0.1, 0.15) is 23.7 Å². The highest BCUT2D eigenvalue weighted by molar-refractivity contribution is 6.01. The lowest BCUT2D eigenvalue weighted by Crippen LogP contribution is -2.32. The molecule has 0 fully saturated rings.